The lowest BCUT2D eigenvalue weighted by molar-refractivity contribution is 0.202. The molecule has 4 rings (SSSR count). The van der Waals surface area contributed by atoms with Gasteiger partial charge in [-0.25, -0.2) is 14.2 Å². The lowest BCUT2D eigenvalue weighted by atomic mass is 10.1. The van der Waals surface area contributed by atoms with Crippen molar-refractivity contribution in [2.75, 3.05) is 11.9 Å². The maximum Gasteiger partial charge on any atom is 0.413 e. The van der Waals surface area contributed by atoms with E-state index >= 15 is 0 Å². The molecule has 28 heavy (non-hydrogen) atoms. The lowest BCUT2D eigenvalue weighted by Gasteiger charge is -2.10. The van der Waals surface area contributed by atoms with Crippen LogP contribution in [0.25, 0.3) is 11.0 Å². The van der Waals surface area contributed by atoms with E-state index in [1.54, 1.807) is 12.3 Å². The average Bonchev–Trinajstić information content (AvgIpc) is 3.32. The number of halogens is 1. The first-order chi connectivity index (χ1) is 13.7. The van der Waals surface area contributed by atoms with E-state index in [-0.39, 0.29) is 5.82 Å². The van der Waals surface area contributed by atoms with Gasteiger partial charge in [-0.15, -0.1) is 11.3 Å². The zero-order valence-electron chi connectivity index (χ0n) is 14.7. The van der Waals surface area contributed by atoms with Crippen LogP contribution < -0.4 is 15.4 Å². The molecule has 142 valence electrons. The number of fused-ring (bicyclic) bond motifs is 1. The number of hydrogen-bond acceptors (Lipinski definition) is 5. The Kier molecular flexibility index (Phi) is 5.20. The fourth-order valence-electron chi connectivity index (χ4n) is 2.80. The lowest BCUT2D eigenvalue weighted by Crippen LogP contribution is -2.28. The Morgan fingerprint density at radius 2 is 2.14 bits per heavy atom. The van der Waals surface area contributed by atoms with Crippen LogP contribution in [0, 0.1) is 5.82 Å². The first-order valence-electron chi connectivity index (χ1n) is 8.66. The summed E-state index contributed by atoms with van der Waals surface area (Å²) >= 11 is 1.32. The van der Waals surface area contributed by atoms with E-state index in [0.717, 1.165) is 22.3 Å². The van der Waals surface area contributed by atoms with E-state index in [0.29, 0.717) is 23.7 Å². The molecule has 0 saturated heterocycles. The number of rotatable bonds is 6. The van der Waals surface area contributed by atoms with Gasteiger partial charge in [0, 0.05) is 24.3 Å². The zero-order chi connectivity index (χ0) is 19.3. The molecule has 0 saturated carbocycles. The van der Waals surface area contributed by atoms with Gasteiger partial charge >= 0.3 is 6.09 Å². The number of carbonyl (C=O) groups excluding carboxylic acids is 1. The van der Waals surface area contributed by atoms with Gasteiger partial charge in [0.25, 0.3) is 0 Å². The van der Waals surface area contributed by atoms with Crippen LogP contribution in [0.2, 0.25) is 0 Å². The number of pyridine rings is 1. The third kappa shape index (κ3) is 4.12. The van der Waals surface area contributed by atoms with Crippen molar-refractivity contribution in [1.29, 1.82) is 0 Å². The molecule has 0 spiro atoms. The highest BCUT2D eigenvalue weighted by Gasteiger charge is 2.12. The highest BCUT2D eigenvalue weighted by Crippen LogP contribution is 2.35. The maximum absolute atomic E-state index is 13.2. The van der Waals surface area contributed by atoms with Crippen molar-refractivity contribution < 1.29 is 13.9 Å². The van der Waals surface area contributed by atoms with E-state index in [2.05, 4.69) is 20.6 Å². The molecule has 3 heterocycles. The van der Waals surface area contributed by atoms with E-state index in [1.165, 1.54) is 23.5 Å². The van der Waals surface area contributed by atoms with Gasteiger partial charge in [-0.05, 0) is 47.7 Å². The summed E-state index contributed by atoms with van der Waals surface area (Å²) in [5.41, 5.74) is 3.14. The highest BCUT2D eigenvalue weighted by molar-refractivity contribution is 7.12. The molecule has 0 aliphatic carbocycles. The van der Waals surface area contributed by atoms with Gasteiger partial charge < -0.3 is 20.4 Å². The number of thiophene rings is 1. The van der Waals surface area contributed by atoms with E-state index < -0.39 is 6.09 Å². The molecule has 6 nitrogen and oxygen atoms in total. The minimum absolute atomic E-state index is 0.290. The minimum Gasteiger partial charge on any atom is -0.397 e. The molecule has 0 unspecified atom stereocenters. The number of aromatic nitrogens is 2. The number of benzene rings is 1. The molecule has 3 aromatic heterocycles. The monoisotopic (exact) mass is 396 g/mol. The Labute approximate surface area is 164 Å². The Morgan fingerprint density at radius 1 is 1.21 bits per heavy atom. The molecule has 0 radical (unpaired) electrons. The van der Waals surface area contributed by atoms with E-state index in [1.807, 2.05) is 35.8 Å². The van der Waals surface area contributed by atoms with Gasteiger partial charge in [0.2, 0.25) is 5.06 Å². The first-order valence-corrected chi connectivity index (χ1v) is 9.54. The topological polar surface area (TPSA) is 79.0 Å². The number of nitrogens with one attached hydrogen (secondary N) is 3. The average molecular weight is 396 g/mol. The smallest absolute Gasteiger partial charge is 0.397 e. The van der Waals surface area contributed by atoms with E-state index in [9.17, 15) is 9.18 Å². The fraction of sp³-hybridized carbons (Fsp3) is 0.100. The fourth-order valence-corrected chi connectivity index (χ4v) is 3.50. The summed E-state index contributed by atoms with van der Waals surface area (Å²) in [7, 11) is 0. The highest BCUT2D eigenvalue weighted by atomic mass is 32.1. The van der Waals surface area contributed by atoms with Crippen LogP contribution >= 0.6 is 11.3 Å². The summed E-state index contributed by atoms with van der Waals surface area (Å²) < 4.78 is 18.6. The van der Waals surface area contributed by atoms with Crippen LogP contribution in [0.15, 0.2) is 60.2 Å². The standard InChI is InChI=1S/C20H17FN4O2S/c21-14-3-1-2-13(12-14)4-8-24-20(26)27-19-17(7-11-28-19)25-16-6-10-23-18-15(16)5-9-22-18/h1-3,5-7,9-12H,4,8H2,(H,24,26)(H2,22,23,25). The van der Waals surface area contributed by atoms with Crippen molar-refractivity contribution >= 4 is 39.8 Å². The van der Waals surface area contributed by atoms with Gasteiger partial charge in [-0.3, -0.25) is 0 Å². The summed E-state index contributed by atoms with van der Waals surface area (Å²) in [6.45, 7) is 0.352. The summed E-state index contributed by atoms with van der Waals surface area (Å²) in [6.07, 6.45) is 3.49. The Hall–Kier alpha value is -3.39. The van der Waals surface area contributed by atoms with Crippen LogP contribution in [0.3, 0.4) is 0 Å². The van der Waals surface area contributed by atoms with Crippen LogP contribution in [-0.2, 0) is 6.42 Å². The number of nitrogens with zero attached hydrogens (tertiary/aromatic N) is 1. The third-order valence-corrected chi connectivity index (χ3v) is 4.91. The van der Waals surface area contributed by atoms with Gasteiger partial charge in [-0.1, -0.05) is 12.1 Å². The largest absolute Gasteiger partial charge is 0.413 e. The van der Waals surface area contributed by atoms with Crippen molar-refractivity contribution in [3.05, 3.63) is 71.6 Å². The summed E-state index contributed by atoms with van der Waals surface area (Å²) in [5.74, 6) is -0.290. The predicted molar refractivity (Wildman–Crippen MR) is 108 cm³/mol. The van der Waals surface area contributed by atoms with Crippen molar-refractivity contribution in [3.8, 4) is 5.06 Å². The number of hydrogen-bond donors (Lipinski definition) is 3. The summed E-state index contributed by atoms with van der Waals surface area (Å²) in [4.78, 5) is 19.4. The minimum atomic E-state index is -0.552. The number of aromatic amines is 1. The molecule has 1 amide bonds. The molecular weight excluding hydrogens is 379 g/mol. The van der Waals surface area contributed by atoms with Gasteiger partial charge in [0.05, 0.1) is 11.4 Å². The first kappa shape index (κ1) is 18.0. The molecule has 0 bridgehead atoms. The second kappa shape index (κ2) is 8.10. The van der Waals surface area contributed by atoms with Crippen LogP contribution in [0.4, 0.5) is 20.6 Å². The van der Waals surface area contributed by atoms with Crippen LogP contribution in [-0.4, -0.2) is 22.6 Å². The van der Waals surface area contributed by atoms with Gasteiger partial charge in [0.1, 0.15) is 11.5 Å². The second-order valence-electron chi connectivity index (χ2n) is 6.04. The summed E-state index contributed by atoms with van der Waals surface area (Å²) in [6, 6.07) is 11.9. The molecule has 1 aromatic carbocycles. The van der Waals surface area contributed by atoms with Crippen LogP contribution in [0.1, 0.15) is 5.56 Å². The number of carbonyl (C=O) groups is 1. The third-order valence-electron chi connectivity index (χ3n) is 4.12. The summed E-state index contributed by atoms with van der Waals surface area (Å²) in [5, 5.41) is 9.21. The molecule has 4 aromatic rings. The number of ether oxygens (including phenoxy) is 1. The van der Waals surface area contributed by atoms with Crippen molar-refractivity contribution in [2.45, 2.75) is 6.42 Å². The molecule has 3 N–H and O–H groups in total. The van der Waals surface area contributed by atoms with Crippen molar-refractivity contribution in [3.63, 3.8) is 0 Å². The quantitative estimate of drug-likeness (QED) is 0.436. The van der Waals surface area contributed by atoms with E-state index in [4.69, 9.17) is 4.74 Å². The molecule has 0 atom stereocenters. The molecule has 0 fully saturated rings. The Morgan fingerprint density at radius 3 is 3.04 bits per heavy atom. The normalized spacial score (nSPS) is 10.8. The number of amides is 1. The van der Waals surface area contributed by atoms with Crippen molar-refractivity contribution in [2.24, 2.45) is 0 Å². The van der Waals surface area contributed by atoms with Crippen LogP contribution in [0.5, 0.6) is 5.06 Å². The Balaban J connectivity index is 1.36. The Bertz CT molecular complexity index is 1110. The predicted octanol–water partition coefficient (Wildman–Crippen LogP) is 4.84. The molecular formula is C20H17FN4O2S. The number of H-pyrrole nitrogens is 1. The molecule has 0 aliphatic rings. The maximum atomic E-state index is 13.2. The van der Waals surface area contributed by atoms with Gasteiger partial charge in [-0.2, -0.15) is 0 Å². The SMILES string of the molecule is O=C(NCCc1cccc(F)c1)Oc1sccc1Nc1ccnc2[nH]ccc12. The molecule has 8 heteroatoms. The molecule has 0 aliphatic heterocycles. The second-order valence-corrected chi connectivity index (χ2v) is 6.92. The number of anilines is 2. The van der Waals surface area contributed by atoms with Gasteiger partial charge in [0.15, 0.2) is 0 Å². The zero-order valence-corrected chi connectivity index (χ0v) is 15.6. The van der Waals surface area contributed by atoms with Crippen molar-refractivity contribution in [1.82, 2.24) is 15.3 Å².